The molecule has 0 saturated heterocycles. The molecule has 0 aliphatic carbocycles. The van der Waals surface area contributed by atoms with E-state index in [-0.39, 0.29) is 16.2 Å². The average Bonchev–Trinajstić information content (AvgIpc) is 2.43. The van der Waals surface area contributed by atoms with Gasteiger partial charge >= 0.3 is 0 Å². The molecule has 0 amide bonds. The second-order valence-corrected chi connectivity index (χ2v) is 11.1. The van der Waals surface area contributed by atoms with E-state index in [1.165, 1.54) is 0 Å². The highest BCUT2D eigenvalue weighted by molar-refractivity contribution is 5.42. The quantitative estimate of drug-likeness (QED) is 0.457. The highest BCUT2D eigenvalue weighted by Gasteiger charge is 2.14. The van der Waals surface area contributed by atoms with Crippen LogP contribution in [0.15, 0.2) is 18.2 Å². The van der Waals surface area contributed by atoms with Gasteiger partial charge in [-0.25, -0.2) is 0 Å². The van der Waals surface area contributed by atoms with Gasteiger partial charge in [0.2, 0.25) is 0 Å². The summed E-state index contributed by atoms with van der Waals surface area (Å²) in [5, 5.41) is 0. The maximum absolute atomic E-state index is 6.00. The molecule has 0 aliphatic heterocycles. The van der Waals surface area contributed by atoms with Crippen molar-refractivity contribution in [3.63, 3.8) is 0 Å². The van der Waals surface area contributed by atoms with Crippen LogP contribution in [-0.4, -0.2) is 19.8 Å². The molecular weight excluding hydrogens is 336 g/mol. The molecule has 0 heterocycles. The standard InChI is InChI=1S/C24H42O3/c1-22(2,3)10-13-25-19-16-20(26-14-11-23(4,5)6)18-21(17-19)27-15-12-24(7,8)9/h16-18H,10-15H2,1-9H3. The Kier molecular flexibility index (Phi) is 8.50. The molecular formula is C24H42O3. The summed E-state index contributed by atoms with van der Waals surface area (Å²) in [7, 11) is 0. The van der Waals surface area contributed by atoms with Crippen molar-refractivity contribution in [2.45, 2.75) is 81.6 Å². The van der Waals surface area contributed by atoms with Crippen molar-refractivity contribution in [3.05, 3.63) is 18.2 Å². The lowest BCUT2D eigenvalue weighted by Gasteiger charge is -2.21. The number of benzene rings is 1. The monoisotopic (exact) mass is 378 g/mol. The molecule has 0 radical (unpaired) electrons. The van der Waals surface area contributed by atoms with E-state index in [0.29, 0.717) is 19.8 Å². The second-order valence-electron chi connectivity index (χ2n) is 11.1. The summed E-state index contributed by atoms with van der Waals surface area (Å²) in [4.78, 5) is 0. The summed E-state index contributed by atoms with van der Waals surface area (Å²) in [5.74, 6) is 2.45. The molecule has 3 heteroatoms. The van der Waals surface area contributed by atoms with Gasteiger partial charge in [-0.05, 0) is 35.5 Å². The summed E-state index contributed by atoms with van der Waals surface area (Å²) in [6.07, 6.45) is 3.01. The fourth-order valence-corrected chi connectivity index (χ4v) is 2.22. The highest BCUT2D eigenvalue weighted by Crippen LogP contribution is 2.30. The third-order valence-electron chi connectivity index (χ3n) is 4.22. The van der Waals surface area contributed by atoms with Gasteiger partial charge in [0, 0.05) is 18.2 Å². The summed E-state index contributed by atoms with van der Waals surface area (Å²) >= 11 is 0. The lowest BCUT2D eigenvalue weighted by atomic mass is 9.93. The van der Waals surface area contributed by atoms with Gasteiger partial charge in [0.1, 0.15) is 17.2 Å². The van der Waals surface area contributed by atoms with Gasteiger partial charge in [-0.1, -0.05) is 62.3 Å². The second kappa shape index (κ2) is 9.71. The van der Waals surface area contributed by atoms with Crippen molar-refractivity contribution in [2.24, 2.45) is 16.2 Å². The zero-order valence-corrected chi connectivity index (χ0v) is 19.2. The fourth-order valence-electron chi connectivity index (χ4n) is 2.22. The van der Waals surface area contributed by atoms with Crippen LogP contribution in [0.25, 0.3) is 0 Å². The van der Waals surface area contributed by atoms with Gasteiger partial charge in [-0.2, -0.15) is 0 Å². The molecule has 0 spiro atoms. The van der Waals surface area contributed by atoms with E-state index in [1.54, 1.807) is 0 Å². The Hall–Kier alpha value is -1.38. The first-order chi connectivity index (χ1) is 12.2. The van der Waals surface area contributed by atoms with Crippen molar-refractivity contribution in [1.29, 1.82) is 0 Å². The van der Waals surface area contributed by atoms with Gasteiger partial charge in [-0.3, -0.25) is 0 Å². The first-order valence-corrected chi connectivity index (χ1v) is 10.3. The first-order valence-electron chi connectivity index (χ1n) is 10.3. The smallest absolute Gasteiger partial charge is 0.126 e. The van der Waals surface area contributed by atoms with Crippen LogP contribution < -0.4 is 14.2 Å². The highest BCUT2D eigenvalue weighted by atomic mass is 16.5. The van der Waals surface area contributed by atoms with E-state index >= 15 is 0 Å². The summed E-state index contributed by atoms with van der Waals surface area (Å²) in [6.45, 7) is 22.1. The Morgan fingerprint density at radius 3 is 0.889 bits per heavy atom. The molecule has 0 aromatic heterocycles. The Morgan fingerprint density at radius 1 is 0.481 bits per heavy atom. The molecule has 0 unspecified atom stereocenters. The average molecular weight is 379 g/mol. The van der Waals surface area contributed by atoms with Gasteiger partial charge < -0.3 is 14.2 Å². The van der Waals surface area contributed by atoms with Crippen LogP contribution >= 0.6 is 0 Å². The normalized spacial score (nSPS) is 12.8. The van der Waals surface area contributed by atoms with Crippen LogP contribution in [0.3, 0.4) is 0 Å². The molecule has 3 nitrogen and oxygen atoms in total. The van der Waals surface area contributed by atoms with Crippen molar-refractivity contribution in [1.82, 2.24) is 0 Å². The van der Waals surface area contributed by atoms with Crippen LogP contribution in [0.2, 0.25) is 0 Å². The number of ether oxygens (including phenoxy) is 3. The molecule has 27 heavy (non-hydrogen) atoms. The van der Waals surface area contributed by atoms with Crippen LogP contribution in [-0.2, 0) is 0 Å². The molecule has 0 fully saturated rings. The Bertz CT molecular complexity index is 463. The van der Waals surface area contributed by atoms with Gasteiger partial charge in [0.05, 0.1) is 19.8 Å². The lowest BCUT2D eigenvalue weighted by Crippen LogP contribution is -2.13. The van der Waals surface area contributed by atoms with Crippen molar-refractivity contribution in [3.8, 4) is 17.2 Å². The van der Waals surface area contributed by atoms with E-state index in [4.69, 9.17) is 14.2 Å². The molecule has 156 valence electrons. The number of rotatable bonds is 9. The molecule has 1 aromatic rings. The molecule has 1 aromatic carbocycles. The molecule has 0 atom stereocenters. The third-order valence-corrected chi connectivity index (χ3v) is 4.22. The molecule has 0 N–H and O–H groups in total. The van der Waals surface area contributed by atoms with Crippen LogP contribution in [0, 0.1) is 16.2 Å². The Balaban J connectivity index is 2.77. The Labute approximate surface area is 167 Å². The van der Waals surface area contributed by atoms with E-state index in [9.17, 15) is 0 Å². The predicted octanol–water partition coefficient (Wildman–Crippen LogP) is 7.13. The van der Waals surface area contributed by atoms with Crippen LogP contribution in [0.1, 0.15) is 81.6 Å². The minimum Gasteiger partial charge on any atom is -0.493 e. The van der Waals surface area contributed by atoms with Crippen molar-refractivity contribution >= 4 is 0 Å². The van der Waals surface area contributed by atoms with Crippen LogP contribution in [0.4, 0.5) is 0 Å². The third kappa shape index (κ3) is 12.6. The maximum atomic E-state index is 6.00. The molecule has 0 aliphatic rings. The number of hydrogen-bond donors (Lipinski definition) is 0. The van der Waals surface area contributed by atoms with E-state index in [1.807, 2.05) is 18.2 Å². The zero-order valence-electron chi connectivity index (χ0n) is 19.2. The summed E-state index contributed by atoms with van der Waals surface area (Å²) in [6, 6.07) is 5.92. The SMILES string of the molecule is CC(C)(C)CCOc1cc(OCCC(C)(C)C)cc(OCCC(C)(C)C)c1. The minimum absolute atomic E-state index is 0.257. The van der Waals surface area contributed by atoms with Crippen molar-refractivity contribution < 1.29 is 14.2 Å². The van der Waals surface area contributed by atoms with Gasteiger partial charge in [0.15, 0.2) is 0 Å². The fraction of sp³-hybridized carbons (Fsp3) is 0.750. The molecule has 0 saturated carbocycles. The Morgan fingerprint density at radius 2 is 0.704 bits per heavy atom. The maximum Gasteiger partial charge on any atom is 0.126 e. The molecule has 0 bridgehead atoms. The lowest BCUT2D eigenvalue weighted by molar-refractivity contribution is 0.225. The summed E-state index contributed by atoms with van der Waals surface area (Å²) in [5.41, 5.74) is 0.770. The zero-order chi connectivity index (χ0) is 20.7. The largest absolute Gasteiger partial charge is 0.493 e. The topological polar surface area (TPSA) is 27.7 Å². The first kappa shape index (κ1) is 23.7. The summed E-state index contributed by atoms with van der Waals surface area (Å²) < 4.78 is 18.0. The minimum atomic E-state index is 0.257. The van der Waals surface area contributed by atoms with Crippen LogP contribution in [0.5, 0.6) is 17.2 Å². The van der Waals surface area contributed by atoms with E-state index < -0.39 is 0 Å². The van der Waals surface area contributed by atoms with Gasteiger partial charge in [0.25, 0.3) is 0 Å². The number of hydrogen-bond acceptors (Lipinski definition) is 3. The van der Waals surface area contributed by atoms with E-state index in [2.05, 4.69) is 62.3 Å². The predicted molar refractivity (Wildman–Crippen MR) is 115 cm³/mol. The van der Waals surface area contributed by atoms with E-state index in [0.717, 1.165) is 36.5 Å². The van der Waals surface area contributed by atoms with Gasteiger partial charge in [-0.15, -0.1) is 0 Å². The van der Waals surface area contributed by atoms with Crippen molar-refractivity contribution in [2.75, 3.05) is 19.8 Å². The molecule has 1 rings (SSSR count).